The van der Waals surface area contributed by atoms with E-state index in [-0.39, 0.29) is 5.82 Å². The van der Waals surface area contributed by atoms with Crippen molar-refractivity contribution in [2.24, 2.45) is 0 Å². The zero-order valence-electron chi connectivity index (χ0n) is 11.3. The van der Waals surface area contributed by atoms with E-state index in [1.807, 2.05) is 6.07 Å². The third-order valence-corrected chi connectivity index (χ3v) is 4.25. The number of hydrogen-bond acceptors (Lipinski definition) is 3. The van der Waals surface area contributed by atoms with Crippen LogP contribution in [0.5, 0.6) is 0 Å². The number of anilines is 1. The Hall–Kier alpha value is -1.13. The predicted octanol–water partition coefficient (Wildman–Crippen LogP) is 2.02. The van der Waals surface area contributed by atoms with Crippen LogP contribution in [-0.2, 0) is 0 Å². The van der Waals surface area contributed by atoms with E-state index in [9.17, 15) is 4.39 Å². The molecule has 0 bridgehead atoms. The van der Waals surface area contributed by atoms with Gasteiger partial charge in [0.25, 0.3) is 0 Å². The molecule has 2 aliphatic heterocycles. The van der Waals surface area contributed by atoms with E-state index in [1.54, 1.807) is 12.1 Å². The average molecular weight is 263 g/mol. The molecule has 19 heavy (non-hydrogen) atoms. The molecular weight excluding hydrogens is 241 g/mol. The summed E-state index contributed by atoms with van der Waals surface area (Å²) < 4.78 is 13.0. The third-order valence-electron chi connectivity index (χ3n) is 4.25. The Morgan fingerprint density at radius 3 is 3.11 bits per heavy atom. The molecular formula is C15H22FN3. The molecule has 1 unspecified atom stereocenters. The molecule has 0 amide bonds. The van der Waals surface area contributed by atoms with Gasteiger partial charge >= 0.3 is 0 Å². The molecule has 4 heteroatoms. The van der Waals surface area contributed by atoms with Crippen LogP contribution in [0.2, 0.25) is 0 Å². The van der Waals surface area contributed by atoms with Crippen LogP contribution in [0.25, 0.3) is 0 Å². The van der Waals surface area contributed by atoms with Gasteiger partial charge in [-0.3, -0.25) is 9.80 Å². The highest BCUT2D eigenvalue weighted by atomic mass is 19.1. The van der Waals surface area contributed by atoms with Gasteiger partial charge in [0.15, 0.2) is 0 Å². The van der Waals surface area contributed by atoms with Gasteiger partial charge in [-0.25, -0.2) is 4.39 Å². The Morgan fingerprint density at radius 1 is 1.26 bits per heavy atom. The number of hydrogen-bond donors (Lipinski definition) is 1. The molecule has 0 saturated carbocycles. The molecule has 104 valence electrons. The summed E-state index contributed by atoms with van der Waals surface area (Å²) in [7, 11) is 0. The fraction of sp³-hybridized carbons (Fsp3) is 0.600. The molecule has 0 spiro atoms. The smallest absolute Gasteiger partial charge is 0.125 e. The van der Waals surface area contributed by atoms with Crippen LogP contribution < -0.4 is 5.32 Å². The predicted molar refractivity (Wildman–Crippen MR) is 75.9 cm³/mol. The van der Waals surface area contributed by atoms with E-state index in [1.165, 1.54) is 45.1 Å². The van der Waals surface area contributed by atoms with Crippen molar-refractivity contribution >= 4 is 5.69 Å². The number of nitrogens with one attached hydrogen (secondary N) is 1. The first kappa shape index (κ1) is 12.9. The zero-order chi connectivity index (χ0) is 13.1. The van der Waals surface area contributed by atoms with Crippen molar-refractivity contribution in [3.8, 4) is 0 Å². The van der Waals surface area contributed by atoms with Crippen molar-refractivity contribution in [3.05, 3.63) is 30.1 Å². The lowest BCUT2D eigenvalue weighted by Gasteiger charge is -2.37. The molecule has 2 aliphatic rings. The van der Waals surface area contributed by atoms with Crippen molar-refractivity contribution in [2.45, 2.75) is 18.9 Å². The van der Waals surface area contributed by atoms with Gasteiger partial charge in [-0.05, 0) is 37.6 Å². The number of rotatable bonds is 4. The molecule has 1 atom stereocenters. The van der Waals surface area contributed by atoms with Crippen LogP contribution in [0.15, 0.2) is 24.3 Å². The standard InChI is InChI=1S/C15H22FN3/c16-13-3-1-4-14(11-13)17-6-8-18-9-10-19-7-2-5-15(19)12-18/h1,3-4,11,15,17H,2,5-10,12H2. The molecule has 0 aromatic heterocycles. The van der Waals surface area contributed by atoms with Crippen LogP contribution in [0.1, 0.15) is 12.8 Å². The normalized spacial score (nSPS) is 24.4. The van der Waals surface area contributed by atoms with Gasteiger partial charge in [0.1, 0.15) is 5.82 Å². The van der Waals surface area contributed by atoms with Crippen LogP contribution in [0.4, 0.5) is 10.1 Å². The Labute approximate surface area is 114 Å². The Balaban J connectivity index is 1.43. The second kappa shape index (κ2) is 5.88. The summed E-state index contributed by atoms with van der Waals surface area (Å²) in [6.45, 7) is 6.80. The first-order valence-electron chi connectivity index (χ1n) is 7.27. The molecule has 0 aliphatic carbocycles. The minimum absolute atomic E-state index is 0.176. The Kier molecular flexibility index (Phi) is 3.99. The second-order valence-electron chi connectivity index (χ2n) is 5.57. The van der Waals surface area contributed by atoms with E-state index in [4.69, 9.17) is 0 Å². The minimum atomic E-state index is -0.176. The second-order valence-corrected chi connectivity index (χ2v) is 5.57. The topological polar surface area (TPSA) is 18.5 Å². The largest absolute Gasteiger partial charge is 0.384 e. The fourth-order valence-corrected chi connectivity index (χ4v) is 3.22. The maximum absolute atomic E-state index is 13.0. The molecule has 3 rings (SSSR count). The lowest BCUT2D eigenvalue weighted by molar-refractivity contribution is 0.108. The van der Waals surface area contributed by atoms with Crippen LogP contribution in [0.3, 0.4) is 0 Å². The van der Waals surface area contributed by atoms with Crippen LogP contribution in [-0.4, -0.2) is 55.1 Å². The summed E-state index contributed by atoms with van der Waals surface area (Å²) in [6, 6.07) is 7.47. The first-order chi connectivity index (χ1) is 9.31. The minimum Gasteiger partial charge on any atom is -0.384 e. The monoisotopic (exact) mass is 263 g/mol. The van der Waals surface area contributed by atoms with Gasteiger partial charge in [0.2, 0.25) is 0 Å². The van der Waals surface area contributed by atoms with E-state index < -0.39 is 0 Å². The Morgan fingerprint density at radius 2 is 2.21 bits per heavy atom. The summed E-state index contributed by atoms with van der Waals surface area (Å²) in [5.41, 5.74) is 0.875. The number of halogens is 1. The lowest BCUT2D eigenvalue weighted by atomic mass is 10.1. The van der Waals surface area contributed by atoms with Gasteiger partial charge < -0.3 is 5.32 Å². The van der Waals surface area contributed by atoms with Crippen molar-refractivity contribution in [3.63, 3.8) is 0 Å². The van der Waals surface area contributed by atoms with Gasteiger partial charge in [-0.15, -0.1) is 0 Å². The number of fused-ring (bicyclic) bond motifs is 1. The van der Waals surface area contributed by atoms with Crippen molar-refractivity contribution in [1.29, 1.82) is 0 Å². The summed E-state index contributed by atoms with van der Waals surface area (Å²) in [5.74, 6) is -0.176. The summed E-state index contributed by atoms with van der Waals surface area (Å²) in [6.07, 6.45) is 2.72. The zero-order valence-corrected chi connectivity index (χ0v) is 11.3. The molecule has 2 saturated heterocycles. The molecule has 3 nitrogen and oxygen atoms in total. The average Bonchev–Trinajstić information content (AvgIpc) is 2.86. The van der Waals surface area contributed by atoms with Gasteiger partial charge in [0, 0.05) is 44.5 Å². The molecule has 1 aromatic carbocycles. The number of benzene rings is 1. The number of nitrogens with zero attached hydrogens (tertiary/aromatic N) is 2. The van der Waals surface area contributed by atoms with E-state index in [0.717, 1.165) is 24.8 Å². The Bertz CT molecular complexity index is 424. The van der Waals surface area contributed by atoms with Crippen LogP contribution in [0, 0.1) is 5.82 Å². The third kappa shape index (κ3) is 3.25. The maximum Gasteiger partial charge on any atom is 0.125 e. The van der Waals surface area contributed by atoms with Gasteiger partial charge in [0.05, 0.1) is 0 Å². The fourth-order valence-electron chi connectivity index (χ4n) is 3.22. The quantitative estimate of drug-likeness (QED) is 0.896. The summed E-state index contributed by atoms with van der Waals surface area (Å²) >= 11 is 0. The summed E-state index contributed by atoms with van der Waals surface area (Å²) in [5, 5.41) is 3.30. The van der Waals surface area contributed by atoms with Crippen LogP contribution >= 0.6 is 0 Å². The molecule has 0 radical (unpaired) electrons. The lowest BCUT2D eigenvalue weighted by Crippen LogP contribution is -2.51. The highest BCUT2D eigenvalue weighted by Gasteiger charge is 2.29. The molecule has 2 fully saturated rings. The van der Waals surface area contributed by atoms with Gasteiger partial charge in [-0.2, -0.15) is 0 Å². The summed E-state index contributed by atoms with van der Waals surface area (Å²) in [4.78, 5) is 5.15. The first-order valence-corrected chi connectivity index (χ1v) is 7.27. The van der Waals surface area contributed by atoms with Gasteiger partial charge in [-0.1, -0.05) is 6.07 Å². The molecule has 1 N–H and O–H groups in total. The molecule has 1 aromatic rings. The van der Waals surface area contributed by atoms with Crippen molar-refractivity contribution in [1.82, 2.24) is 9.80 Å². The highest BCUT2D eigenvalue weighted by Crippen LogP contribution is 2.21. The highest BCUT2D eigenvalue weighted by molar-refractivity contribution is 5.42. The van der Waals surface area contributed by atoms with Crippen molar-refractivity contribution in [2.75, 3.05) is 44.6 Å². The van der Waals surface area contributed by atoms with E-state index in [0.29, 0.717) is 0 Å². The molecule has 2 heterocycles. The van der Waals surface area contributed by atoms with E-state index in [2.05, 4.69) is 15.1 Å². The maximum atomic E-state index is 13.0. The SMILES string of the molecule is Fc1cccc(NCCN2CCN3CCCC3C2)c1. The van der Waals surface area contributed by atoms with E-state index >= 15 is 0 Å². The number of piperazine rings is 1. The van der Waals surface area contributed by atoms with Crippen molar-refractivity contribution < 1.29 is 4.39 Å².